The Hall–Kier alpha value is -1.44. The van der Waals surface area contributed by atoms with Crippen LogP contribution in [0.2, 0.25) is 5.02 Å². The normalized spacial score (nSPS) is 12.6. The van der Waals surface area contributed by atoms with E-state index in [1.165, 1.54) is 23.5 Å². The quantitative estimate of drug-likeness (QED) is 0.822. The SMILES string of the molecule is O=C(Nc1ccccc1Cl)C(C(F)(F)F)C(F)(F)F. The summed E-state index contributed by atoms with van der Waals surface area (Å²) in [6, 6.07) is 5.01. The van der Waals surface area contributed by atoms with Crippen LogP contribution in [0.1, 0.15) is 0 Å². The lowest BCUT2D eigenvalue weighted by molar-refractivity contribution is -0.272. The van der Waals surface area contributed by atoms with Crippen LogP contribution in [0.4, 0.5) is 32.0 Å². The molecule has 0 saturated heterocycles. The van der Waals surface area contributed by atoms with E-state index in [2.05, 4.69) is 0 Å². The topological polar surface area (TPSA) is 29.1 Å². The molecule has 0 saturated carbocycles. The van der Waals surface area contributed by atoms with E-state index in [0.29, 0.717) is 0 Å². The van der Waals surface area contributed by atoms with Crippen LogP contribution in [0, 0.1) is 5.92 Å². The van der Waals surface area contributed by atoms with Crippen molar-refractivity contribution in [2.45, 2.75) is 12.4 Å². The largest absolute Gasteiger partial charge is 0.409 e. The van der Waals surface area contributed by atoms with Gasteiger partial charge in [-0.2, -0.15) is 26.3 Å². The third kappa shape index (κ3) is 4.02. The predicted molar refractivity (Wildman–Crippen MR) is 55.7 cm³/mol. The second kappa shape index (κ2) is 5.28. The summed E-state index contributed by atoms with van der Waals surface area (Å²) < 4.78 is 73.5. The van der Waals surface area contributed by atoms with E-state index in [9.17, 15) is 31.1 Å². The number of anilines is 1. The van der Waals surface area contributed by atoms with Gasteiger partial charge in [-0.3, -0.25) is 4.79 Å². The van der Waals surface area contributed by atoms with E-state index < -0.39 is 24.2 Å². The Morgan fingerprint density at radius 3 is 1.95 bits per heavy atom. The van der Waals surface area contributed by atoms with Crippen molar-refractivity contribution in [2.75, 3.05) is 5.32 Å². The summed E-state index contributed by atoms with van der Waals surface area (Å²) in [7, 11) is 0. The molecule has 1 rings (SSSR count). The molecule has 0 atom stereocenters. The molecule has 1 N–H and O–H groups in total. The number of nitrogens with one attached hydrogen (secondary N) is 1. The highest BCUT2D eigenvalue weighted by Crippen LogP contribution is 2.40. The fourth-order valence-corrected chi connectivity index (χ4v) is 1.43. The molecule has 1 aromatic carbocycles. The summed E-state index contributed by atoms with van der Waals surface area (Å²) in [4.78, 5) is 11.1. The molecular formula is C10H6ClF6NO. The van der Waals surface area contributed by atoms with Gasteiger partial charge in [0.05, 0.1) is 10.7 Å². The Morgan fingerprint density at radius 1 is 1.05 bits per heavy atom. The molecule has 1 amide bonds. The maximum Gasteiger partial charge on any atom is 0.409 e. The van der Waals surface area contributed by atoms with Gasteiger partial charge in [0.2, 0.25) is 11.8 Å². The van der Waals surface area contributed by atoms with E-state index >= 15 is 0 Å². The van der Waals surface area contributed by atoms with Crippen molar-refractivity contribution >= 4 is 23.2 Å². The van der Waals surface area contributed by atoms with Crippen molar-refractivity contribution in [1.29, 1.82) is 0 Å². The van der Waals surface area contributed by atoms with Gasteiger partial charge in [0, 0.05) is 0 Å². The van der Waals surface area contributed by atoms with Crippen LogP contribution in [0.15, 0.2) is 24.3 Å². The lowest BCUT2D eigenvalue weighted by atomic mass is 10.1. The minimum Gasteiger partial charge on any atom is -0.324 e. The minimum atomic E-state index is -5.73. The molecule has 0 bridgehead atoms. The number of hydrogen-bond donors (Lipinski definition) is 1. The first-order chi connectivity index (χ1) is 8.53. The Labute approximate surface area is 108 Å². The van der Waals surface area contributed by atoms with Crippen LogP contribution < -0.4 is 5.32 Å². The van der Waals surface area contributed by atoms with Gasteiger partial charge in [0.25, 0.3) is 0 Å². The molecule has 0 aliphatic heterocycles. The maximum atomic E-state index is 12.3. The smallest absolute Gasteiger partial charge is 0.324 e. The van der Waals surface area contributed by atoms with E-state index in [0.717, 1.165) is 6.07 Å². The van der Waals surface area contributed by atoms with Crippen molar-refractivity contribution in [3.8, 4) is 0 Å². The molecule has 0 aliphatic rings. The number of para-hydroxylation sites is 1. The average molecular weight is 306 g/mol. The van der Waals surface area contributed by atoms with Gasteiger partial charge in [-0.25, -0.2) is 0 Å². The molecule has 106 valence electrons. The summed E-state index contributed by atoms with van der Waals surface area (Å²) in [5.74, 6) is -6.33. The number of alkyl halides is 6. The first kappa shape index (κ1) is 15.6. The van der Waals surface area contributed by atoms with Crippen LogP contribution >= 0.6 is 11.6 Å². The standard InChI is InChI=1S/C10H6ClF6NO/c11-5-3-1-2-4-6(5)18-8(19)7(9(12,13)14)10(15,16)17/h1-4,7H,(H,18,19). The Bertz CT molecular complexity index is 456. The lowest BCUT2D eigenvalue weighted by Gasteiger charge is -2.22. The highest BCUT2D eigenvalue weighted by atomic mass is 35.5. The Morgan fingerprint density at radius 2 is 1.53 bits per heavy atom. The fourth-order valence-electron chi connectivity index (χ4n) is 1.25. The molecular weight excluding hydrogens is 300 g/mol. The third-order valence-corrected chi connectivity index (χ3v) is 2.38. The fraction of sp³-hybridized carbons (Fsp3) is 0.300. The lowest BCUT2D eigenvalue weighted by Crippen LogP contribution is -2.45. The third-order valence-electron chi connectivity index (χ3n) is 2.05. The molecule has 0 fully saturated rings. The zero-order chi connectivity index (χ0) is 14.8. The number of carbonyl (C=O) groups is 1. The molecule has 9 heteroatoms. The molecule has 0 heterocycles. The van der Waals surface area contributed by atoms with Gasteiger partial charge in [-0.05, 0) is 12.1 Å². The summed E-state index contributed by atoms with van der Waals surface area (Å²) in [6.45, 7) is 0. The van der Waals surface area contributed by atoms with Gasteiger partial charge in [-0.1, -0.05) is 23.7 Å². The number of hydrogen-bond acceptors (Lipinski definition) is 1. The van der Waals surface area contributed by atoms with Gasteiger partial charge in [0.15, 0.2) is 0 Å². The second-order valence-corrected chi connectivity index (χ2v) is 3.89. The van der Waals surface area contributed by atoms with E-state index in [1.54, 1.807) is 0 Å². The van der Waals surface area contributed by atoms with Crippen LogP contribution in [-0.4, -0.2) is 18.3 Å². The van der Waals surface area contributed by atoms with Crippen molar-refractivity contribution < 1.29 is 31.1 Å². The average Bonchev–Trinajstić information content (AvgIpc) is 2.16. The number of amides is 1. The van der Waals surface area contributed by atoms with Crippen LogP contribution in [0.3, 0.4) is 0 Å². The zero-order valence-electron chi connectivity index (χ0n) is 8.94. The summed E-state index contributed by atoms with van der Waals surface area (Å²) in [6.07, 6.45) is -11.5. The molecule has 2 nitrogen and oxygen atoms in total. The number of rotatable bonds is 2. The van der Waals surface area contributed by atoms with Crippen LogP contribution in [0.5, 0.6) is 0 Å². The summed E-state index contributed by atoms with van der Waals surface area (Å²) in [5.41, 5.74) is -0.326. The Kier molecular flexibility index (Phi) is 4.34. The second-order valence-electron chi connectivity index (χ2n) is 3.49. The minimum absolute atomic E-state index is 0.168. The van der Waals surface area contributed by atoms with Gasteiger partial charge in [0.1, 0.15) is 0 Å². The summed E-state index contributed by atoms with van der Waals surface area (Å²) in [5, 5.41) is 1.34. The predicted octanol–water partition coefficient (Wildman–Crippen LogP) is 4.02. The number of carbonyl (C=O) groups excluding carboxylic acids is 1. The maximum absolute atomic E-state index is 12.3. The highest BCUT2D eigenvalue weighted by Gasteiger charge is 2.61. The molecule has 0 aliphatic carbocycles. The van der Waals surface area contributed by atoms with Crippen molar-refractivity contribution in [2.24, 2.45) is 5.92 Å². The highest BCUT2D eigenvalue weighted by molar-refractivity contribution is 6.33. The van der Waals surface area contributed by atoms with Crippen molar-refractivity contribution in [3.63, 3.8) is 0 Å². The van der Waals surface area contributed by atoms with E-state index in [4.69, 9.17) is 11.6 Å². The molecule has 0 unspecified atom stereocenters. The van der Waals surface area contributed by atoms with Crippen molar-refractivity contribution in [3.05, 3.63) is 29.3 Å². The first-order valence-corrected chi connectivity index (χ1v) is 5.10. The van der Waals surface area contributed by atoms with Gasteiger partial charge in [-0.15, -0.1) is 0 Å². The molecule has 1 aromatic rings. The molecule has 19 heavy (non-hydrogen) atoms. The van der Waals surface area contributed by atoms with E-state index in [-0.39, 0.29) is 10.7 Å². The van der Waals surface area contributed by atoms with E-state index in [1.807, 2.05) is 0 Å². The summed E-state index contributed by atoms with van der Waals surface area (Å²) >= 11 is 5.52. The first-order valence-electron chi connectivity index (χ1n) is 4.72. The molecule has 0 spiro atoms. The number of benzene rings is 1. The van der Waals surface area contributed by atoms with Crippen molar-refractivity contribution in [1.82, 2.24) is 0 Å². The van der Waals surface area contributed by atoms with Crippen LogP contribution in [-0.2, 0) is 4.79 Å². The monoisotopic (exact) mass is 305 g/mol. The zero-order valence-corrected chi connectivity index (χ0v) is 9.70. The Balaban J connectivity index is 3.01. The van der Waals surface area contributed by atoms with Gasteiger partial charge < -0.3 is 5.32 Å². The molecule has 0 aromatic heterocycles. The van der Waals surface area contributed by atoms with Crippen LogP contribution in [0.25, 0.3) is 0 Å². The van der Waals surface area contributed by atoms with Gasteiger partial charge >= 0.3 is 12.4 Å². The number of halogens is 7. The molecule has 0 radical (unpaired) electrons.